The molecule has 2 N–H and O–H groups in total. The summed E-state index contributed by atoms with van der Waals surface area (Å²) in [6, 6.07) is 25.4. The van der Waals surface area contributed by atoms with Crippen molar-refractivity contribution in [1.82, 2.24) is 10.7 Å². The minimum atomic E-state index is -0.784. The first-order valence-corrected chi connectivity index (χ1v) is 12.9. The first kappa shape index (κ1) is 27.7. The molecule has 2 amide bonds. The fourth-order valence-corrected chi connectivity index (χ4v) is 4.28. The van der Waals surface area contributed by atoms with E-state index in [-0.39, 0.29) is 11.8 Å². The van der Waals surface area contributed by atoms with Crippen molar-refractivity contribution in [3.05, 3.63) is 107 Å². The van der Waals surface area contributed by atoms with Gasteiger partial charge in [0.15, 0.2) is 11.5 Å². The lowest BCUT2D eigenvalue weighted by Gasteiger charge is -2.20. The minimum absolute atomic E-state index is 0.165. The van der Waals surface area contributed by atoms with Crippen molar-refractivity contribution in [2.45, 2.75) is 26.5 Å². The third-order valence-electron chi connectivity index (χ3n) is 6.16. The van der Waals surface area contributed by atoms with Crippen LogP contribution < -0.4 is 20.2 Å². The maximum absolute atomic E-state index is 12.8. The third-order valence-corrected chi connectivity index (χ3v) is 6.40. The van der Waals surface area contributed by atoms with Gasteiger partial charge in [0.2, 0.25) is 0 Å². The van der Waals surface area contributed by atoms with Gasteiger partial charge in [0.25, 0.3) is 11.8 Å². The summed E-state index contributed by atoms with van der Waals surface area (Å²) in [7, 11) is 1.57. The van der Waals surface area contributed by atoms with Crippen LogP contribution >= 0.6 is 11.6 Å². The lowest BCUT2D eigenvalue weighted by Crippen LogP contribution is -2.48. The van der Waals surface area contributed by atoms with Crippen LogP contribution in [0.2, 0.25) is 5.02 Å². The second kappa shape index (κ2) is 12.9. The summed E-state index contributed by atoms with van der Waals surface area (Å²) >= 11 is 5.98. The van der Waals surface area contributed by atoms with E-state index in [1.54, 1.807) is 43.5 Å². The number of carbonyl (C=O) groups is 2. The SMILES string of the molecule is COc1cc(/C=N\NC(=O)C(NC(=O)c2cccc(Cl)c2)C(C)C)ccc1OCc1cccc2ccccc12. The lowest BCUT2D eigenvalue weighted by molar-refractivity contribution is -0.123. The van der Waals surface area contributed by atoms with Crippen molar-refractivity contribution in [3.63, 3.8) is 0 Å². The Morgan fingerprint density at radius 1 is 0.949 bits per heavy atom. The average molecular weight is 544 g/mol. The van der Waals surface area contributed by atoms with Crippen LogP contribution in [0.25, 0.3) is 10.8 Å². The Bertz CT molecular complexity index is 1500. The zero-order valence-corrected chi connectivity index (χ0v) is 22.7. The first-order valence-electron chi connectivity index (χ1n) is 12.5. The first-order chi connectivity index (χ1) is 18.9. The van der Waals surface area contributed by atoms with E-state index in [9.17, 15) is 9.59 Å². The molecule has 0 heterocycles. The predicted molar refractivity (Wildman–Crippen MR) is 155 cm³/mol. The molecule has 0 spiro atoms. The Balaban J connectivity index is 1.38. The summed E-state index contributed by atoms with van der Waals surface area (Å²) in [5, 5.41) is 9.57. The molecule has 4 aromatic carbocycles. The topological polar surface area (TPSA) is 89.0 Å². The summed E-state index contributed by atoms with van der Waals surface area (Å²) in [4.78, 5) is 25.4. The maximum Gasteiger partial charge on any atom is 0.262 e. The van der Waals surface area contributed by atoms with E-state index in [2.05, 4.69) is 34.0 Å². The minimum Gasteiger partial charge on any atom is -0.493 e. The number of fused-ring (bicyclic) bond motifs is 1. The van der Waals surface area contributed by atoms with Gasteiger partial charge in [-0.05, 0) is 64.2 Å². The molecular weight excluding hydrogens is 514 g/mol. The molecule has 0 bridgehead atoms. The van der Waals surface area contributed by atoms with Crippen molar-refractivity contribution >= 4 is 40.4 Å². The summed E-state index contributed by atoms with van der Waals surface area (Å²) in [6.07, 6.45) is 1.51. The van der Waals surface area contributed by atoms with E-state index in [1.165, 1.54) is 6.21 Å². The number of carbonyl (C=O) groups excluding carboxylic acids is 2. The third kappa shape index (κ3) is 7.15. The molecule has 0 aromatic heterocycles. The summed E-state index contributed by atoms with van der Waals surface area (Å²) in [5.74, 6) is 0.147. The zero-order chi connectivity index (χ0) is 27.8. The second-order valence-corrected chi connectivity index (χ2v) is 9.71. The van der Waals surface area contributed by atoms with Crippen LogP contribution in [0.5, 0.6) is 11.5 Å². The van der Waals surface area contributed by atoms with E-state index in [4.69, 9.17) is 21.1 Å². The molecule has 0 aliphatic rings. The van der Waals surface area contributed by atoms with E-state index in [0.29, 0.717) is 34.3 Å². The Labute approximate surface area is 232 Å². The molecule has 7 nitrogen and oxygen atoms in total. The number of hydrogen-bond acceptors (Lipinski definition) is 5. The van der Waals surface area contributed by atoms with Gasteiger partial charge < -0.3 is 14.8 Å². The van der Waals surface area contributed by atoms with Crippen molar-refractivity contribution in [3.8, 4) is 11.5 Å². The van der Waals surface area contributed by atoms with Crippen LogP contribution in [0.4, 0.5) is 0 Å². The molecule has 8 heteroatoms. The number of ether oxygens (including phenoxy) is 2. The van der Waals surface area contributed by atoms with Gasteiger partial charge in [-0.2, -0.15) is 5.10 Å². The molecule has 0 radical (unpaired) electrons. The molecule has 0 aliphatic carbocycles. The molecule has 0 saturated heterocycles. The number of methoxy groups -OCH3 is 1. The fourth-order valence-electron chi connectivity index (χ4n) is 4.09. The Morgan fingerprint density at radius 2 is 1.72 bits per heavy atom. The molecule has 0 saturated carbocycles. The van der Waals surface area contributed by atoms with Crippen LogP contribution in [0, 0.1) is 5.92 Å². The van der Waals surface area contributed by atoms with Gasteiger partial charge >= 0.3 is 0 Å². The largest absolute Gasteiger partial charge is 0.493 e. The van der Waals surface area contributed by atoms with Crippen LogP contribution in [0.1, 0.15) is 35.3 Å². The second-order valence-electron chi connectivity index (χ2n) is 9.28. The summed E-state index contributed by atoms with van der Waals surface area (Å²) < 4.78 is 11.6. The van der Waals surface area contributed by atoms with Gasteiger partial charge in [-0.15, -0.1) is 0 Å². The Kier molecular flexibility index (Phi) is 9.18. The van der Waals surface area contributed by atoms with E-state index < -0.39 is 11.9 Å². The van der Waals surface area contributed by atoms with Gasteiger partial charge in [0.1, 0.15) is 12.6 Å². The van der Waals surface area contributed by atoms with Crippen molar-refractivity contribution < 1.29 is 19.1 Å². The highest BCUT2D eigenvalue weighted by atomic mass is 35.5. The van der Waals surface area contributed by atoms with Crippen molar-refractivity contribution in [2.24, 2.45) is 11.0 Å². The van der Waals surface area contributed by atoms with Crippen LogP contribution in [0.3, 0.4) is 0 Å². The number of halogens is 1. The van der Waals surface area contributed by atoms with Gasteiger partial charge in [0, 0.05) is 10.6 Å². The zero-order valence-electron chi connectivity index (χ0n) is 22.0. The lowest BCUT2D eigenvalue weighted by atomic mass is 10.0. The van der Waals surface area contributed by atoms with Crippen molar-refractivity contribution in [2.75, 3.05) is 7.11 Å². The highest BCUT2D eigenvalue weighted by Crippen LogP contribution is 2.29. The van der Waals surface area contributed by atoms with Gasteiger partial charge in [-0.3, -0.25) is 9.59 Å². The number of nitrogens with one attached hydrogen (secondary N) is 2. The molecule has 200 valence electrons. The van der Waals surface area contributed by atoms with E-state index in [0.717, 1.165) is 16.3 Å². The molecule has 1 unspecified atom stereocenters. The monoisotopic (exact) mass is 543 g/mol. The summed E-state index contributed by atoms with van der Waals surface area (Å²) in [6.45, 7) is 4.07. The number of amides is 2. The number of benzene rings is 4. The number of nitrogens with zero attached hydrogens (tertiary/aromatic N) is 1. The smallest absolute Gasteiger partial charge is 0.262 e. The molecule has 0 aliphatic heterocycles. The van der Waals surface area contributed by atoms with Gasteiger partial charge in [0.05, 0.1) is 13.3 Å². The van der Waals surface area contributed by atoms with Crippen molar-refractivity contribution in [1.29, 1.82) is 0 Å². The summed E-state index contributed by atoms with van der Waals surface area (Å²) in [5.41, 5.74) is 4.67. The number of hydrogen-bond donors (Lipinski definition) is 2. The van der Waals surface area contributed by atoms with Crippen LogP contribution in [-0.2, 0) is 11.4 Å². The average Bonchev–Trinajstić information content (AvgIpc) is 2.94. The maximum atomic E-state index is 12.8. The molecule has 39 heavy (non-hydrogen) atoms. The Hall–Kier alpha value is -4.36. The number of rotatable bonds is 10. The molecule has 4 rings (SSSR count). The molecule has 4 aromatic rings. The van der Waals surface area contributed by atoms with Gasteiger partial charge in [-0.1, -0.05) is 74.0 Å². The molecule has 0 fully saturated rings. The quantitative estimate of drug-likeness (QED) is 0.190. The molecular formula is C31H30ClN3O4. The Morgan fingerprint density at radius 3 is 2.49 bits per heavy atom. The van der Waals surface area contributed by atoms with Gasteiger partial charge in [-0.25, -0.2) is 5.43 Å². The van der Waals surface area contributed by atoms with Crippen LogP contribution in [0.15, 0.2) is 90.0 Å². The van der Waals surface area contributed by atoms with E-state index in [1.807, 2.05) is 44.2 Å². The standard InChI is InChI=1S/C31H30ClN3O4/c1-20(2)29(34-30(36)23-10-7-12-25(32)17-23)31(37)35-33-18-21-14-15-27(28(16-21)38-3)39-19-24-11-6-9-22-8-4-5-13-26(22)24/h4-18,20,29H,19H2,1-3H3,(H,34,36)(H,35,37)/b33-18-. The molecule has 1 atom stereocenters. The van der Waals surface area contributed by atoms with E-state index >= 15 is 0 Å². The highest BCUT2D eigenvalue weighted by Gasteiger charge is 2.24. The predicted octanol–water partition coefficient (Wildman–Crippen LogP) is 5.99. The highest BCUT2D eigenvalue weighted by molar-refractivity contribution is 6.31. The fraction of sp³-hybridized carbons (Fsp3) is 0.194. The van der Waals surface area contributed by atoms with Crippen LogP contribution in [-0.4, -0.2) is 31.2 Å². The normalized spacial score (nSPS) is 11.9. The number of hydrazone groups is 1.